The molecule has 2 aliphatic rings. The SMILES string of the molecule is CC[Si](CC)(CC)O[C@@H](C)[C@H](C)/C=C/C[C@@]1(O)CO[C@@H](C/C(C)=C/C(=O)OC)[C@@H]2OC(C)(C)O[C@@H]21. The predicted molar refractivity (Wildman–Crippen MR) is 140 cm³/mol. The van der Waals surface area contributed by atoms with Crippen LogP contribution < -0.4 is 0 Å². The molecule has 6 atom stereocenters. The predicted octanol–water partition coefficient (Wildman–Crippen LogP) is 5.14. The van der Waals surface area contributed by atoms with E-state index in [9.17, 15) is 9.90 Å². The van der Waals surface area contributed by atoms with E-state index in [4.69, 9.17) is 23.4 Å². The highest BCUT2D eigenvalue weighted by Crippen LogP contribution is 2.42. The molecule has 35 heavy (non-hydrogen) atoms. The summed E-state index contributed by atoms with van der Waals surface area (Å²) in [4.78, 5) is 11.6. The maximum atomic E-state index is 11.6. The Labute approximate surface area is 213 Å². The van der Waals surface area contributed by atoms with Crippen molar-refractivity contribution in [2.24, 2.45) is 5.92 Å². The lowest BCUT2D eigenvalue weighted by Gasteiger charge is -2.43. The molecule has 0 aromatic heterocycles. The van der Waals surface area contributed by atoms with Gasteiger partial charge in [-0.05, 0) is 64.6 Å². The Morgan fingerprint density at radius 3 is 2.37 bits per heavy atom. The summed E-state index contributed by atoms with van der Waals surface area (Å²) in [5.74, 6) is -1.00. The Morgan fingerprint density at radius 1 is 1.17 bits per heavy atom. The van der Waals surface area contributed by atoms with Crippen molar-refractivity contribution in [1.29, 1.82) is 0 Å². The van der Waals surface area contributed by atoms with Crippen LogP contribution in [0.4, 0.5) is 0 Å². The van der Waals surface area contributed by atoms with Crippen LogP contribution in [-0.4, -0.2) is 68.9 Å². The number of methoxy groups -OCH3 is 1. The van der Waals surface area contributed by atoms with Crippen LogP contribution in [0.1, 0.15) is 68.2 Å². The molecule has 0 aliphatic carbocycles. The Kier molecular flexibility index (Phi) is 10.8. The van der Waals surface area contributed by atoms with Gasteiger partial charge in [-0.3, -0.25) is 0 Å². The number of aliphatic hydroxyl groups is 1. The van der Waals surface area contributed by atoms with Gasteiger partial charge < -0.3 is 28.5 Å². The topological polar surface area (TPSA) is 83.5 Å². The van der Waals surface area contributed by atoms with Crippen LogP contribution in [0.2, 0.25) is 18.1 Å². The summed E-state index contributed by atoms with van der Waals surface area (Å²) < 4.78 is 29.8. The number of esters is 1. The molecule has 2 fully saturated rings. The van der Waals surface area contributed by atoms with Gasteiger partial charge in [0.15, 0.2) is 14.1 Å². The maximum Gasteiger partial charge on any atom is 0.330 e. The Bertz CT molecular complexity index is 752. The van der Waals surface area contributed by atoms with E-state index >= 15 is 0 Å². The van der Waals surface area contributed by atoms with Gasteiger partial charge in [-0.15, -0.1) is 0 Å². The summed E-state index contributed by atoms with van der Waals surface area (Å²) in [5, 5.41) is 11.6. The van der Waals surface area contributed by atoms with Crippen molar-refractivity contribution in [3.63, 3.8) is 0 Å². The number of carbonyl (C=O) groups is 1. The molecule has 2 aliphatic heterocycles. The summed E-state index contributed by atoms with van der Waals surface area (Å²) >= 11 is 0. The molecule has 0 aromatic rings. The molecule has 0 aromatic carbocycles. The van der Waals surface area contributed by atoms with E-state index in [0.717, 1.165) is 23.7 Å². The lowest BCUT2D eigenvalue weighted by atomic mass is 9.83. The molecule has 0 saturated carbocycles. The monoisotopic (exact) mass is 512 g/mol. The zero-order valence-corrected chi connectivity index (χ0v) is 24.3. The molecule has 2 heterocycles. The lowest BCUT2D eigenvalue weighted by molar-refractivity contribution is -0.199. The lowest BCUT2D eigenvalue weighted by Crippen LogP contribution is -2.59. The molecule has 0 radical (unpaired) electrons. The minimum atomic E-state index is -1.67. The second kappa shape index (κ2) is 12.5. The standard InChI is InChI=1S/C27H48O7Si/c1-10-35(11-2,12-3)34-21(6)20(5)14-13-15-27(29)18-31-22(16-19(4)17-23(28)30-9)24-25(27)33-26(7,8)32-24/h13-14,17,20-22,24-25,29H,10-12,15-16,18H2,1-9H3/b14-13+,19-17+/t20-,21+,22+,24+,25+,27-/m1/s1. The van der Waals surface area contributed by atoms with E-state index in [1.54, 1.807) is 0 Å². The average molecular weight is 513 g/mol. The third-order valence-electron chi connectivity index (χ3n) is 7.68. The largest absolute Gasteiger partial charge is 0.466 e. The van der Waals surface area contributed by atoms with Gasteiger partial charge in [0.1, 0.15) is 17.8 Å². The summed E-state index contributed by atoms with van der Waals surface area (Å²) in [7, 11) is -0.317. The maximum absolute atomic E-state index is 11.6. The van der Waals surface area contributed by atoms with Crippen molar-refractivity contribution in [3.8, 4) is 0 Å². The average Bonchev–Trinajstić information content (AvgIpc) is 3.16. The van der Waals surface area contributed by atoms with Crippen LogP contribution in [0.25, 0.3) is 0 Å². The zero-order valence-electron chi connectivity index (χ0n) is 23.3. The van der Waals surface area contributed by atoms with Crippen LogP contribution in [0.5, 0.6) is 0 Å². The van der Waals surface area contributed by atoms with E-state index in [1.807, 2.05) is 26.8 Å². The molecular formula is C27H48O7Si. The van der Waals surface area contributed by atoms with Gasteiger partial charge in [0.25, 0.3) is 0 Å². The zero-order chi connectivity index (χ0) is 26.4. The first kappa shape index (κ1) is 30.2. The summed E-state index contributed by atoms with van der Waals surface area (Å²) in [6, 6.07) is 3.39. The van der Waals surface area contributed by atoms with Gasteiger partial charge in [-0.25, -0.2) is 4.79 Å². The Hall–Kier alpha value is -1.03. The van der Waals surface area contributed by atoms with Gasteiger partial charge in [0, 0.05) is 12.2 Å². The van der Waals surface area contributed by atoms with Crippen molar-refractivity contribution < 1.29 is 33.3 Å². The van der Waals surface area contributed by atoms with Crippen molar-refractivity contribution in [2.75, 3.05) is 13.7 Å². The number of ether oxygens (including phenoxy) is 4. The molecule has 0 bridgehead atoms. The molecular weight excluding hydrogens is 464 g/mol. The second-order valence-electron chi connectivity index (χ2n) is 10.7. The van der Waals surface area contributed by atoms with Crippen LogP contribution in [0, 0.1) is 5.92 Å². The van der Waals surface area contributed by atoms with E-state index in [0.29, 0.717) is 12.8 Å². The number of carbonyl (C=O) groups excluding carboxylic acids is 1. The number of fused-ring (bicyclic) bond motifs is 1. The highest BCUT2D eigenvalue weighted by Gasteiger charge is 2.57. The molecule has 0 unspecified atom stereocenters. The van der Waals surface area contributed by atoms with E-state index < -0.39 is 37.9 Å². The minimum Gasteiger partial charge on any atom is -0.466 e. The summed E-state index contributed by atoms with van der Waals surface area (Å²) in [6.45, 7) is 16.7. The highest BCUT2D eigenvalue weighted by molar-refractivity contribution is 6.73. The fourth-order valence-electron chi connectivity index (χ4n) is 5.04. The first-order chi connectivity index (χ1) is 16.3. The molecule has 2 saturated heterocycles. The third kappa shape index (κ3) is 7.73. The van der Waals surface area contributed by atoms with Crippen molar-refractivity contribution >= 4 is 14.3 Å². The molecule has 8 heteroatoms. The summed E-state index contributed by atoms with van der Waals surface area (Å²) in [5.41, 5.74) is -0.378. The fourth-order valence-corrected chi connectivity index (χ4v) is 8.04. The number of hydrogen-bond donors (Lipinski definition) is 1. The third-order valence-corrected chi connectivity index (χ3v) is 12.4. The quantitative estimate of drug-likeness (QED) is 0.168. The van der Waals surface area contributed by atoms with Crippen molar-refractivity contribution in [3.05, 3.63) is 23.8 Å². The van der Waals surface area contributed by atoms with Crippen molar-refractivity contribution in [1.82, 2.24) is 0 Å². The van der Waals surface area contributed by atoms with E-state index in [2.05, 4.69) is 40.7 Å². The Morgan fingerprint density at radius 2 is 1.80 bits per heavy atom. The minimum absolute atomic E-state index is 0.127. The van der Waals surface area contributed by atoms with Gasteiger partial charge in [-0.2, -0.15) is 0 Å². The molecule has 0 spiro atoms. The summed E-state index contributed by atoms with van der Waals surface area (Å²) in [6.07, 6.45) is 5.33. The normalized spacial score (nSPS) is 30.8. The molecule has 7 nitrogen and oxygen atoms in total. The first-order valence-corrected chi connectivity index (χ1v) is 15.7. The van der Waals surface area contributed by atoms with Crippen LogP contribution in [0.3, 0.4) is 0 Å². The van der Waals surface area contributed by atoms with Gasteiger partial charge >= 0.3 is 5.97 Å². The molecule has 1 N–H and O–H groups in total. The van der Waals surface area contributed by atoms with E-state index in [1.165, 1.54) is 13.2 Å². The van der Waals surface area contributed by atoms with Gasteiger partial charge in [-0.1, -0.05) is 45.4 Å². The number of rotatable bonds is 12. The molecule has 2 rings (SSSR count). The van der Waals surface area contributed by atoms with Crippen molar-refractivity contribution in [2.45, 2.75) is 122 Å². The highest BCUT2D eigenvalue weighted by atomic mass is 28.4. The first-order valence-electron chi connectivity index (χ1n) is 13.1. The smallest absolute Gasteiger partial charge is 0.330 e. The van der Waals surface area contributed by atoms with Crippen LogP contribution in [-0.2, 0) is 28.2 Å². The van der Waals surface area contributed by atoms with E-state index in [-0.39, 0.29) is 24.7 Å². The van der Waals surface area contributed by atoms with Gasteiger partial charge in [0.2, 0.25) is 0 Å². The molecule has 202 valence electrons. The van der Waals surface area contributed by atoms with Crippen LogP contribution in [0.15, 0.2) is 23.8 Å². The van der Waals surface area contributed by atoms with Crippen LogP contribution >= 0.6 is 0 Å². The Balaban J connectivity index is 2.08. The number of hydrogen-bond acceptors (Lipinski definition) is 7. The fraction of sp³-hybridized carbons (Fsp3) is 0.815. The van der Waals surface area contributed by atoms with Gasteiger partial charge in [0.05, 0.1) is 19.8 Å². The second-order valence-corrected chi connectivity index (χ2v) is 15.5. The molecule has 0 amide bonds.